The largest absolute Gasteiger partial charge is 0.443 e. The van der Waals surface area contributed by atoms with Gasteiger partial charge in [0, 0.05) is 5.56 Å². The van der Waals surface area contributed by atoms with Crippen LogP contribution >= 0.6 is 0 Å². The quantitative estimate of drug-likeness (QED) is 0.504. The second kappa shape index (κ2) is 9.99. The molecule has 2 rings (SSSR count). The molecule has 0 saturated heterocycles. The number of hydrogen-bond acceptors (Lipinski definition) is 7. The highest BCUT2D eigenvalue weighted by Gasteiger charge is 2.29. The maximum Gasteiger partial charge on any atom is 0.258 e. The van der Waals surface area contributed by atoms with Crippen molar-refractivity contribution in [3.05, 3.63) is 47.4 Å². The summed E-state index contributed by atoms with van der Waals surface area (Å²) in [4.78, 5) is 12.0. The molecule has 1 aliphatic heterocycles. The molecule has 6 N–H and O–H groups in total. The Morgan fingerprint density at radius 2 is 1.85 bits per heavy atom. The highest BCUT2D eigenvalue weighted by molar-refractivity contribution is 6.06. The summed E-state index contributed by atoms with van der Waals surface area (Å²) in [5.41, 5.74) is 20.3. The summed E-state index contributed by atoms with van der Waals surface area (Å²) < 4.78 is 5.33. The minimum atomic E-state index is -1.64. The van der Waals surface area contributed by atoms with Gasteiger partial charge in [0.2, 0.25) is 0 Å². The van der Waals surface area contributed by atoms with Crippen LogP contribution < -0.4 is 17.2 Å². The summed E-state index contributed by atoms with van der Waals surface area (Å²) in [5.74, 6) is -0.950. The molecule has 7 heteroatoms. The molecule has 1 atom stereocenters. The van der Waals surface area contributed by atoms with Gasteiger partial charge in [-0.2, -0.15) is 0 Å². The summed E-state index contributed by atoms with van der Waals surface area (Å²) in [6.07, 6.45) is 10.0. The molecular weight excluding hydrogens is 340 g/mol. The van der Waals surface area contributed by atoms with Gasteiger partial charge in [0.25, 0.3) is 5.85 Å². The smallest absolute Gasteiger partial charge is 0.258 e. The Morgan fingerprint density at radius 1 is 1.11 bits per heavy atom. The molecule has 0 unspecified atom stereocenters. The average molecular weight is 371 g/mol. The van der Waals surface area contributed by atoms with E-state index in [0.29, 0.717) is 11.6 Å². The Balaban J connectivity index is 2.19. The van der Waals surface area contributed by atoms with Crippen molar-refractivity contribution in [2.75, 3.05) is 0 Å². The summed E-state index contributed by atoms with van der Waals surface area (Å²) in [5, 5.41) is 0. The first-order valence-corrected chi connectivity index (χ1v) is 9.38. The molecule has 0 aliphatic carbocycles. The highest BCUT2D eigenvalue weighted by atomic mass is 16.5. The molecule has 1 aliphatic rings. The third-order valence-corrected chi connectivity index (χ3v) is 4.52. The van der Waals surface area contributed by atoms with Crippen molar-refractivity contribution in [2.24, 2.45) is 32.2 Å². The monoisotopic (exact) mass is 370 g/mol. The fourth-order valence-corrected chi connectivity index (χ4v) is 2.88. The molecule has 7 nitrogen and oxygen atoms in total. The molecule has 1 heterocycles. The molecule has 0 aromatic heterocycles. The number of rotatable bonds is 7. The van der Waals surface area contributed by atoms with Gasteiger partial charge in [-0.15, -0.1) is 0 Å². The number of benzene rings is 1. The van der Waals surface area contributed by atoms with Crippen molar-refractivity contribution >= 4 is 18.5 Å². The first-order chi connectivity index (χ1) is 12.9. The molecule has 0 spiro atoms. The second-order valence-electron chi connectivity index (χ2n) is 6.81. The molecule has 146 valence electrons. The van der Waals surface area contributed by atoms with E-state index in [9.17, 15) is 0 Å². The molecule has 27 heavy (non-hydrogen) atoms. The van der Waals surface area contributed by atoms with E-state index in [1.807, 2.05) is 12.1 Å². The van der Waals surface area contributed by atoms with E-state index in [1.54, 1.807) is 0 Å². The maximum atomic E-state index is 6.10. The van der Waals surface area contributed by atoms with E-state index < -0.39 is 5.85 Å². The van der Waals surface area contributed by atoms with Gasteiger partial charge < -0.3 is 10.5 Å². The summed E-state index contributed by atoms with van der Waals surface area (Å²) in [6, 6.07) is 8.06. The van der Waals surface area contributed by atoms with Gasteiger partial charge in [-0.05, 0) is 17.9 Å². The Hall–Kier alpha value is -2.51. The van der Waals surface area contributed by atoms with E-state index in [2.05, 4.69) is 41.0 Å². The van der Waals surface area contributed by atoms with Crippen molar-refractivity contribution in [1.29, 1.82) is 0 Å². The molecule has 0 saturated carbocycles. The molecule has 0 radical (unpaired) electrons. The molecule has 1 aromatic rings. The van der Waals surface area contributed by atoms with Crippen molar-refractivity contribution in [3.63, 3.8) is 0 Å². The van der Waals surface area contributed by atoms with Crippen molar-refractivity contribution < 1.29 is 4.74 Å². The van der Waals surface area contributed by atoms with Gasteiger partial charge in [-0.25, -0.2) is 15.0 Å². The summed E-state index contributed by atoms with van der Waals surface area (Å²) in [6.45, 7) is 4.48. The predicted octanol–water partition coefficient (Wildman–Crippen LogP) is 2.97. The van der Waals surface area contributed by atoms with Crippen LogP contribution in [-0.2, 0) is 4.74 Å². The Bertz CT molecular complexity index is 718. The number of hydrogen-bond donors (Lipinski definition) is 3. The fraction of sp³-hybridized carbons (Fsp3) is 0.450. The predicted molar refractivity (Wildman–Crippen MR) is 112 cm³/mol. The number of ether oxygens (including phenoxy) is 1. The zero-order valence-electron chi connectivity index (χ0n) is 16.1. The minimum Gasteiger partial charge on any atom is -0.443 e. The molecule has 0 bridgehead atoms. The van der Waals surface area contributed by atoms with Gasteiger partial charge >= 0.3 is 0 Å². The van der Waals surface area contributed by atoms with Crippen LogP contribution in [0.15, 0.2) is 51.3 Å². The first-order valence-electron chi connectivity index (χ1n) is 9.38. The van der Waals surface area contributed by atoms with Gasteiger partial charge in [-0.1, -0.05) is 63.8 Å². The Kier molecular flexibility index (Phi) is 7.69. The van der Waals surface area contributed by atoms with Crippen LogP contribution in [0.2, 0.25) is 0 Å². The van der Waals surface area contributed by atoms with Crippen LogP contribution in [0.25, 0.3) is 0 Å². The first kappa shape index (κ1) is 20.8. The molecule has 1 aromatic carbocycles. The lowest BCUT2D eigenvalue weighted by Crippen LogP contribution is -2.58. The normalized spacial score (nSPS) is 23.9. The standard InChI is InChI=1S/C20H30N6O/c1-3-4-5-6-7-15(2)16-8-10-17(11-9-16)19-20(22,23)27-14-24-13-26-18(21)12-25-19/h8-15H,3-7,21-23H2,1-2H3/b18-12+,24-14+,25-19-,26-13-/t15-/m0/s1. The Labute approximate surface area is 161 Å². The van der Waals surface area contributed by atoms with E-state index in [1.165, 1.54) is 50.2 Å². The van der Waals surface area contributed by atoms with E-state index >= 15 is 0 Å². The maximum absolute atomic E-state index is 6.10. The lowest BCUT2D eigenvalue weighted by Gasteiger charge is -2.25. The van der Waals surface area contributed by atoms with E-state index in [4.69, 9.17) is 21.9 Å². The van der Waals surface area contributed by atoms with Gasteiger partial charge in [0.05, 0.1) is 6.20 Å². The number of nitrogens with zero attached hydrogens (tertiary/aromatic N) is 3. The lowest BCUT2D eigenvalue weighted by atomic mass is 9.93. The minimum absolute atomic E-state index is 0.194. The SMILES string of the molecule is CCCCCC[C@H](C)c1ccc(/C2=N/C=C(N)/N=C\N=C\OC2(N)N)cc1. The summed E-state index contributed by atoms with van der Waals surface area (Å²) >= 11 is 0. The van der Waals surface area contributed by atoms with Crippen LogP contribution in [-0.4, -0.2) is 24.3 Å². The van der Waals surface area contributed by atoms with E-state index in [-0.39, 0.29) is 5.82 Å². The van der Waals surface area contributed by atoms with Gasteiger partial charge in [0.15, 0.2) is 6.40 Å². The van der Waals surface area contributed by atoms with Crippen molar-refractivity contribution in [1.82, 2.24) is 0 Å². The molecule has 0 fully saturated rings. The number of aliphatic imine (C=N–C) groups is 3. The van der Waals surface area contributed by atoms with Crippen LogP contribution in [0.3, 0.4) is 0 Å². The number of nitrogens with two attached hydrogens (primary N) is 3. The molecule has 0 amide bonds. The zero-order valence-corrected chi connectivity index (χ0v) is 16.1. The third-order valence-electron chi connectivity index (χ3n) is 4.52. The highest BCUT2D eigenvalue weighted by Crippen LogP contribution is 2.23. The lowest BCUT2D eigenvalue weighted by molar-refractivity contribution is 0.153. The number of unbranched alkanes of at least 4 members (excludes halogenated alkanes) is 3. The average Bonchev–Trinajstić information content (AvgIpc) is 2.65. The van der Waals surface area contributed by atoms with Gasteiger partial charge in [-0.3, -0.25) is 11.5 Å². The van der Waals surface area contributed by atoms with Gasteiger partial charge in [0.1, 0.15) is 17.9 Å². The zero-order chi connectivity index (χ0) is 19.7. The van der Waals surface area contributed by atoms with Crippen LogP contribution in [0.1, 0.15) is 63.0 Å². The van der Waals surface area contributed by atoms with Crippen LogP contribution in [0.4, 0.5) is 0 Å². The second-order valence-corrected chi connectivity index (χ2v) is 6.81. The van der Waals surface area contributed by atoms with Crippen molar-refractivity contribution in [3.8, 4) is 0 Å². The Morgan fingerprint density at radius 3 is 2.56 bits per heavy atom. The topological polar surface area (TPSA) is 124 Å². The molecular formula is C20H30N6O. The summed E-state index contributed by atoms with van der Waals surface area (Å²) in [7, 11) is 0. The third kappa shape index (κ3) is 6.30. The van der Waals surface area contributed by atoms with E-state index in [0.717, 1.165) is 12.0 Å². The van der Waals surface area contributed by atoms with Crippen LogP contribution in [0, 0.1) is 0 Å². The van der Waals surface area contributed by atoms with Crippen LogP contribution in [0.5, 0.6) is 0 Å². The fourth-order valence-electron chi connectivity index (χ4n) is 2.88. The van der Waals surface area contributed by atoms with Crippen molar-refractivity contribution in [2.45, 2.75) is 57.7 Å².